The van der Waals surface area contributed by atoms with Gasteiger partial charge in [-0.25, -0.2) is 4.79 Å². The summed E-state index contributed by atoms with van der Waals surface area (Å²) in [6, 6.07) is 7.24. The van der Waals surface area contributed by atoms with Crippen molar-refractivity contribution in [3.05, 3.63) is 30.0 Å². The second-order valence-corrected chi connectivity index (χ2v) is 3.48. The molecule has 2 aromatic rings. The Morgan fingerprint density at radius 2 is 2.25 bits per heavy atom. The molecule has 0 saturated heterocycles. The van der Waals surface area contributed by atoms with Gasteiger partial charge >= 0.3 is 5.97 Å². The third-order valence-electron chi connectivity index (χ3n) is 2.64. The van der Waals surface area contributed by atoms with Gasteiger partial charge in [-0.2, -0.15) is 0 Å². The molecular formula is C12H13NO3. The molecule has 4 nitrogen and oxygen atoms in total. The Morgan fingerprint density at radius 3 is 2.81 bits per heavy atom. The Hall–Kier alpha value is -1.97. The van der Waals surface area contributed by atoms with Gasteiger partial charge in [0.2, 0.25) is 0 Å². The molecule has 0 spiro atoms. The van der Waals surface area contributed by atoms with Gasteiger partial charge in [0.05, 0.1) is 12.6 Å². The van der Waals surface area contributed by atoms with E-state index in [1.807, 2.05) is 25.1 Å². The van der Waals surface area contributed by atoms with E-state index in [1.54, 1.807) is 17.7 Å². The molecule has 0 aliphatic carbocycles. The van der Waals surface area contributed by atoms with Gasteiger partial charge in [-0.05, 0) is 19.1 Å². The predicted octanol–water partition coefficient (Wildman–Crippen LogP) is 2.37. The number of nitrogens with zero attached hydrogens (tertiary/aromatic N) is 1. The number of para-hydroxylation sites is 1. The molecule has 1 heterocycles. The molecule has 16 heavy (non-hydrogen) atoms. The van der Waals surface area contributed by atoms with E-state index in [1.165, 1.54) is 0 Å². The van der Waals surface area contributed by atoms with E-state index < -0.39 is 5.97 Å². The van der Waals surface area contributed by atoms with Crippen molar-refractivity contribution in [2.75, 3.05) is 7.11 Å². The van der Waals surface area contributed by atoms with Crippen LogP contribution in [0.2, 0.25) is 0 Å². The third kappa shape index (κ3) is 1.43. The fourth-order valence-electron chi connectivity index (χ4n) is 1.96. The van der Waals surface area contributed by atoms with Crippen LogP contribution in [-0.2, 0) is 6.54 Å². The number of carboxylic acids is 1. The van der Waals surface area contributed by atoms with E-state index >= 15 is 0 Å². The zero-order valence-electron chi connectivity index (χ0n) is 9.23. The fourth-order valence-corrected chi connectivity index (χ4v) is 1.96. The molecule has 1 N–H and O–H groups in total. The minimum atomic E-state index is -0.917. The highest BCUT2D eigenvalue weighted by Crippen LogP contribution is 2.28. The first-order valence-corrected chi connectivity index (χ1v) is 5.08. The van der Waals surface area contributed by atoms with E-state index in [9.17, 15) is 4.79 Å². The molecule has 0 aliphatic rings. The van der Waals surface area contributed by atoms with Crippen LogP contribution in [0.15, 0.2) is 24.3 Å². The van der Waals surface area contributed by atoms with Crippen LogP contribution >= 0.6 is 0 Å². The summed E-state index contributed by atoms with van der Waals surface area (Å²) in [7, 11) is 1.59. The van der Waals surface area contributed by atoms with Crippen LogP contribution in [0.3, 0.4) is 0 Å². The van der Waals surface area contributed by atoms with Crippen molar-refractivity contribution >= 4 is 16.9 Å². The van der Waals surface area contributed by atoms with E-state index in [4.69, 9.17) is 9.84 Å². The average Bonchev–Trinajstić information content (AvgIpc) is 2.67. The summed E-state index contributed by atoms with van der Waals surface area (Å²) in [5, 5.41) is 9.99. The van der Waals surface area contributed by atoms with Crippen LogP contribution in [-0.4, -0.2) is 22.8 Å². The van der Waals surface area contributed by atoms with Crippen molar-refractivity contribution in [2.24, 2.45) is 0 Å². The lowest BCUT2D eigenvalue weighted by atomic mass is 10.2. The first-order chi connectivity index (χ1) is 7.69. The van der Waals surface area contributed by atoms with Crippen LogP contribution in [0.1, 0.15) is 17.4 Å². The number of carbonyl (C=O) groups is 1. The molecule has 0 amide bonds. The lowest BCUT2D eigenvalue weighted by Crippen LogP contribution is -2.07. The third-order valence-corrected chi connectivity index (χ3v) is 2.64. The number of ether oxygens (including phenoxy) is 1. The number of benzene rings is 1. The maximum Gasteiger partial charge on any atom is 0.352 e. The topological polar surface area (TPSA) is 51.5 Å². The molecule has 4 heteroatoms. The normalized spacial score (nSPS) is 10.6. The lowest BCUT2D eigenvalue weighted by Gasteiger charge is -2.07. The van der Waals surface area contributed by atoms with Crippen LogP contribution < -0.4 is 4.74 Å². The number of methoxy groups -OCH3 is 1. The maximum absolute atomic E-state index is 11.1. The molecule has 1 aromatic heterocycles. The minimum absolute atomic E-state index is 0.294. The molecule has 1 aromatic carbocycles. The highest BCUT2D eigenvalue weighted by molar-refractivity contribution is 5.96. The van der Waals surface area contributed by atoms with Gasteiger partial charge in [-0.3, -0.25) is 0 Å². The monoisotopic (exact) mass is 219 g/mol. The Bertz CT molecular complexity index is 542. The summed E-state index contributed by atoms with van der Waals surface area (Å²) >= 11 is 0. The highest BCUT2D eigenvalue weighted by Gasteiger charge is 2.15. The number of hydrogen-bond donors (Lipinski definition) is 1. The van der Waals surface area contributed by atoms with E-state index in [2.05, 4.69) is 0 Å². The smallest absolute Gasteiger partial charge is 0.352 e. The van der Waals surface area contributed by atoms with Gasteiger partial charge < -0.3 is 14.4 Å². The first-order valence-electron chi connectivity index (χ1n) is 5.08. The lowest BCUT2D eigenvalue weighted by molar-refractivity contribution is 0.0686. The summed E-state index contributed by atoms with van der Waals surface area (Å²) in [5.74, 6) is -0.216. The van der Waals surface area contributed by atoms with Crippen LogP contribution in [0.5, 0.6) is 5.75 Å². The van der Waals surface area contributed by atoms with E-state index in [-0.39, 0.29) is 0 Å². The van der Waals surface area contributed by atoms with Gasteiger partial charge in [0.1, 0.15) is 11.4 Å². The molecule has 0 radical (unpaired) electrons. The van der Waals surface area contributed by atoms with Crippen molar-refractivity contribution in [3.8, 4) is 5.75 Å². The van der Waals surface area contributed by atoms with Crippen molar-refractivity contribution in [1.82, 2.24) is 4.57 Å². The molecule has 84 valence electrons. The van der Waals surface area contributed by atoms with Crippen LogP contribution in [0, 0.1) is 0 Å². The van der Waals surface area contributed by atoms with Crippen molar-refractivity contribution in [2.45, 2.75) is 13.5 Å². The van der Waals surface area contributed by atoms with Crippen LogP contribution in [0.4, 0.5) is 0 Å². The Balaban J connectivity index is 2.83. The summed E-state index contributed by atoms with van der Waals surface area (Å²) in [4.78, 5) is 11.1. The van der Waals surface area contributed by atoms with Crippen LogP contribution in [0.25, 0.3) is 10.9 Å². The van der Waals surface area contributed by atoms with E-state index in [0.29, 0.717) is 18.0 Å². The molecule has 0 atom stereocenters. The average molecular weight is 219 g/mol. The molecule has 0 unspecified atom stereocenters. The number of fused-ring (bicyclic) bond motifs is 1. The maximum atomic E-state index is 11.1. The van der Waals surface area contributed by atoms with Gasteiger partial charge in [0.15, 0.2) is 0 Å². The van der Waals surface area contributed by atoms with Gasteiger partial charge in [0.25, 0.3) is 0 Å². The molecular weight excluding hydrogens is 206 g/mol. The number of hydrogen-bond acceptors (Lipinski definition) is 2. The molecule has 0 bridgehead atoms. The zero-order chi connectivity index (χ0) is 11.7. The Kier molecular flexibility index (Phi) is 2.56. The standard InChI is InChI=1S/C12H13NO3/c1-3-13-9(12(14)15)7-8-5-4-6-10(16-2)11(8)13/h4-7H,3H2,1-2H3,(H,14,15). The largest absolute Gasteiger partial charge is 0.495 e. The summed E-state index contributed by atoms with van der Waals surface area (Å²) in [5.41, 5.74) is 1.13. The summed E-state index contributed by atoms with van der Waals surface area (Å²) in [6.07, 6.45) is 0. The molecule has 0 aliphatic heterocycles. The van der Waals surface area contributed by atoms with E-state index in [0.717, 1.165) is 10.9 Å². The zero-order valence-corrected chi connectivity index (χ0v) is 9.23. The van der Waals surface area contributed by atoms with Gasteiger partial charge in [-0.1, -0.05) is 12.1 Å². The van der Waals surface area contributed by atoms with Gasteiger partial charge in [-0.15, -0.1) is 0 Å². The second-order valence-electron chi connectivity index (χ2n) is 3.48. The van der Waals surface area contributed by atoms with Crippen molar-refractivity contribution in [3.63, 3.8) is 0 Å². The Labute approximate surface area is 93.1 Å². The molecule has 2 rings (SSSR count). The fraction of sp³-hybridized carbons (Fsp3) is 0.250. The number of aromatic nitrogens is 1. The quantitative estimate of drug-likeness (QED) is 0.862. The molecule has 0 fully saturated rings. The highest BCUT2D eigenvalue weighted by atomic mass is 16.5. The number of carboxylic acid groups (broad SMARTS) is 1. The number of aryl methyl sites for hydroxylation is 1. The second kappa shape index (κ2) is 3.89. The first kappa shape index (κ1) is 10.5. The number of aromatic carboxylic acids is 1. The van der Waals surface area contributed by atoms with Crippen molar-refractivity contribution in [1.29, 1.82) is 0 Å². The van der Waals surface area contributed by atoms with Crippen molar-refractivity contribution < 1.29 is 14.6 Å². The predicted molar refractivity (Wildman–Crippen MR) is 61.1 cm³/mol. The number of rotatable bonds is 3. The summed E-state index contributed by atoms with van der Waals surface area (Å²) < 4.78 is 7.00. The SMILES string of the molecule is CCn1c(C(=O)O)cc2cccc(OC)c21. The minimum Gasteiger partial charge on any atom is -0.495 e. The Morgan fingerprint density at radius 1 is 1.50 bits per heavy atom. The molecule has 0 saturated carbocycles. The van der Waals surface area contributed by atoms with Gasteiger partial charge in [0, 0.05) is 11.9 Å². The summed E-state index contributed by atoms with van der Waals surface area (Å²) in [6.45, 7) is 2.52.